The maximum atomic E-state index is 5.52. The van der Waals surface area contributed by atoms with E-state index < -0.39 is 0 Å². The van der Waals surface area contributed by atoms with Gasteiger partial charge in [0.25, 0.3) is 6.71 Å². The molecule has 0 atom stereocenters. The average molecular weight is 963 g/mol. The van der Waals surface area contributed by atoms with Crippen molar-refractivity contribution in [2.75, 3.05) is 9.80 Å². The van der Waals surface area contributed by atoms with Gasteiger partial charge in [0.05, 0.1) is 11.4 Å². The van der Waals surface area contributed by atoms with Gasteiger partial charge in [0.1, 0.15) is 0 Å². The van der Waals surface area contributed by atoms with Crippen molar-refractivity contribution in [1.82, 2.24) is 9.97 Å². The van der Waals surface area contributed by atoms with Gasteiger partial charge in [-0.1, -0.05) is 211 Å². The number of fused-ring (bicyclic) bond motifs is 10. The van der Waals surface area contributed by atoms with E-state index in [-0.39, 0.29) is 17.5 Å². The Bertz CT molecular complexity index is 3980. The highest BCUT2D eigenvalue weighted by Gasteiger charge is 2.44. The van der Waals surface area contributed by atoms with Crippen molar-refractivity contribution in [3.05, 3.63) is 236 Å². The summed E-state index contributed by atoms with van der Waals surface area (Å²) in [6, 6.07) is 83.3. The van der Waals surface area contributed by atoms with E-state index in [1.165, 1.54) is 82.0 Å². The molecular weight excluding hydrogens is 908 g/mol. The summed E-state index contributed by atoms with van der Waals surface area (Å²) in [6.07, 6.45) is 0. The molecule has 0 unspecified atom stereocenters. The molecule has 2 aliphatic heterocycles. The molecule has 1 aromatic heterocycles. The monoisotopic (exact) mass is 962 g/mol. The summed E-state index contributed by atoms with van der Waals surface area (Å²) in [5.41, 5.74) is 17.9. The number of hydrogen-bond acceptors (Lipinski definition) is 4. The zero-order chi connectivity index (χ0) is 50.7. The van der Waals surface area contributed by atoms with Gasteiger partial charge in [0.2, 0.25) is 0 Å². The van der Waals surface area contributed by atoms with Gasteiger partial charge in [-0.15, -0.1) is 0 Å². The molecule has 0 spiro atoms. The third-order valence-electron chi connectivity index (χ3n) is 15.9. The topological polar surface area (TPSA) is 32.3 Å². The van der Waals surface area contributed by atoms with Crippen LogP contribution in [0.4, 0.5) is 34.1 Å². The highest BCUT2D eigenvalue weighted by atomic mass is 15.2. The number of rotatable bonds is 5. The van der Waals surface area contributed by atoms with Crippen molar-refractivity contribution in [2.45, 2.75) is 52.4 Å². The van der Waals surface area contributed by atoms with Crippen molar-refractivity contribution in [3.8, 4) is 33.9 Å². The lowest BCUT2D eigenvalue weighted by Crippen LogP contribution is -2.61. The second-order valence-corrected chi connectivity index (χ2v) is 22.7. The Morgan fingerprint density at radius 2 is 0.733 bits per heavy atom. The molecule has 0 N–H and O–H groups in total. The van der Waals surface area contributed by atoms with Crippen molar-refractivity contribution in [2.24, 2.45) is 0 Å². The van der Waals surface area contributed by atoms with Crippen LogP contribution in [0, 0.1) is 0 Å². The molecule has 0 aliphatic carbocycles. The van der Waals surface area contributed by atoms with Crippen LogP contribution in [-0.2, 0) is 10.8 Å². The molecule has 14 rings (SSSR count). The van der Waals surface area contributed by atoms with Crippen molar-refractivity contribution in [3.63, 3.8) is 0 Å². The second kappa shape index (κ2) is 16.9. The van der Waals surface area contributed by atoms with Crippen molar-refractivity contribution in [1.29, 1.82) is 0 Å². The van der Waals surface area contributed by atoms with Crippen LogP contribution in [-0.4, -0.2) is 16.7 Å². The van der Waals surface area contributed by atoms with Gasteiger partial charge in [-0.2, -0.15) is 0 Å². The molecule has 3 heterocycles. The summed E-state index contributed by atoms with van der Waals surface area (Å²) in [6.45, 7) is 13.6. The van der Waals surface area contributed by atoms with Crippen LogP contribution in [0.3, 0.4) is 0 Å². The standard InChI is InChI=1S/C70H55BN4/c1-69(2,3)51-29-33-53(34-30-51)74-63-41-57-48(27-25-44-17-13-15-23-55(44)57)37-59(63)71-60-38-49-28-26-45-18-14-16-24-56(45)58(49)42-64(60)75(54-35-31-52(32-36-54)70(4,5)6)66-40-50(39-65(74)67(66)71)68-72-61(46-19-9-7-10-20-46)43-62(73-68)47-21-11-8-12-22-47/h7-43H,1-6H3. The van der Waals surface area contributed by atoms with Gasteiger partial charge in [-0.3, -0.25) is 0 Å². The van der Waals surface area contributed by atoms with Gasteiger partial charge in [-0.25, -0.2) is 9.97 Å². The summed E-state index contributed by atoms with van der Waals surface area (Å²) in [5.74, 6) is 0.669. The van der Waals surface area contributed by atoms with Crippen molar-refractivity contribution < 1.29 is 0 Å². The Hall–Kier alpha value is -8.80. The first-order chi connectivity index (χ1) is 36.4. The quantitative estimate of drug-likeness (QED) is 0.127. The van der Waals surface area contributed by atoms with E-state index in [4.69, 9.17) is 9.97 Å². The van der Waals surface area contributed by atoms with E-state index in [0.717, 1.165) is 50.8 Å². The Morgan fingerprint density at radius 1 is 0.333 bits per heavy atom. The van der Waals surface area contributed by atoms with Gasteiger partial charge in [0.15, 0.2) is 5.82 Å². The lowest BCUT2D eigenvalue weighted by molar-refractivity contribution is 0.590. The van der Waals surface area contributed by atoms with Gasteiger partial charge >= 0.3 is 0 Å². The maximum absolute atomic E-state index is 5.52. The molecular formula is C70H55BN4. The molecule has 12 aromatic rings. The van der Waals surface area contributed by atoms with Crippen LogP contribution in [0.15, 0.2) is 224 Å². The molecule has 0 fully saturated rings. The lowest BCUT2D eigenvalue weighted by Gasteiger charge is -2.45. The van der Waals surface area contributed by atoms with Gasteiger partial charge in [-0.05, 0) is 136 Å². The Kier molecular flexibility index (Phi) is 10.1. The summed E-state index contributed by atoms with van der Waals surface area (Å²) in [5, 5.41) is 9.86. The number of benzene rings is 11. The van der Waals surface area contributed by atoms with Crippen LogP contribution >= 0.6 is 0 Å². The summed E-state index contributed by atoms with van der Waals surface area (Å²) < 4.78 is 0. The van der Waals surface area contributed by atoms with Gasteiger partial charge in [0, 0.05) is 50.8 Å². The van der Waals surface area contributed by atoms with E-state index in [1.807, 2.05) is 0 Å². The molecule has 0 radical (unpaired) electrons. The Morgan fingerprint density at radius 3 is 1.16 bits per heavy atom. The van der Waals surface area contributed by atoms with Crippen molar-refractivity contribution >= 4 is 100 Å². The average Bonchev–Trinajstić information content (AvgIpc) is 3.55. The largest absolute Gasteiger partial charge is 0.311 e. The number of anilines is 6. The SMILES string of the molecule is CC(C)(C)c1ccc(N2c3cc4c(ccc5ccccc54)cc3B3c4cc5ccc6ccccc6c5cc4N(c4ccc(C(C)(C)C)cc4)c4cc(-c5nc(-c6ccccc6)cc(-c6ccccc6)n5)cc2c43)cc1. The molecule has 0 saturated heterocycles. The molecule has 75 heavy (non-hydrogen) atoms. The Balaban J connectivity index is 1.13. The fourth-order valence-corrected chi connectivity index (χ4v) is 12.0. The predicted molar refractivity (Wildman–Crippen MR) is 320 cm³/mol. The molecule has 2 aliphatic rings. The first-order valence-corrected chi connectivity index (χ1v) is 26.3. The number of hydrogen-bond donors (Lipinski definition) is 0. The lowest BCUT2D eigenvalue weighted by atomic mass is 9.33. The van der Waals surface area contributed by atoms with Crippen LogP contribution in [0.2, 0.25) is 0 Å². The van der Waals surface area contributed by atoms with E-state index >= 15 is 0 Å². The molecule has 0 amide bonds. The summed E-state index contributed by atoms with van der Waals surface area (Å²) in [4.78, 5) is 16.1. The van der Waals surface area contributed by atoms with Crippen LogP contribution < -0.4 is 26.2 Å². The minimum Gasteiger partial charge on any atom is -0.311 e. The van der Waals surface area contributed by atoms with E-state index in [2.05, 4.69) is 276 Å². The second-order valence-electron chi connectivity index (χ2n) is 22.7. The fraction of sp³-hybridized carbons (Fsp3) is 0.114. The van der Waals surface area contributed by atoms with Crippen LogP contribution in [0.1, 0.15) is 52.7 Å². The van der Waals surface area contributed by atoms with Crippen LogP contribution in [0.5, 0.6) is 0 Å². The number of aromatic nitrogens is 2. The molecule has 11 aromatic carbocycles. The van der Waals surface area contributed by atoms with Crippen LogP contribution in [0.25, 0.3) is 77.0 Å². The van der Waals surface area contributed by atoms with E-state index in [9.17, 15) is 0 Å². The first kappa shape index (κ1) is 44.9. The van der Waals surface area contributed by atoms with E-state index in [1.54, 1.807) is 0 Å². The minimum absolute atomic E-state index is 0.0178. The molecule has 5 heteroatoms. The minimum atomic E-state index is -0.118. The summed E-state index contributed by atoms with van der Waals surface area (Å²) in [7, 11) is 0. The normalized spacial score (nSPS) is 13.1. The predicted octanol–water partition coefficient (Wildman–Crippen LogP) is 16.8. The third kappa shape index (κ3) is 7.43. The number of nitrogens with zero attached hydrogens (tertiary/aromatic N) is 4. The smallest absolute Gasteiger partial charge is 0.252 e. The highest BCUT2D eigenvalue weighted by Crippen LogP contribution is 2.48. The zero-order valence-corrected chi connectivity index (χ0v) is 43.2. The fourth-order valence-electron chi connectivity index (χ4n) is 12.0. The first-order valence-electron chi connectivity index (χ1n) is 26.3. The molecule has 358 valence electrons. The maximum Gasteiger partial charge on any atom is 0.252 e. The molecule has 4 nitrogen and oxygen atoms in total. The van der Waals surface area contributed by atoms with E-state index in [0.29, 0.717) is 5.82 Å². The third-order valence-corrected chi connectivity index (χ3v) is 15.9. The highest BCUT2D eigenvalue weighted by molar-refractivity contribution is 7.00. The van der Waals surface area contributed by atoms with Gasteiger partial charge < -0.3 is 9.80 Å². The summed E-state index contributed by atoms with van der Waals surface area (Å²) >= 11 is 0. The molecule has 0 saturated carbocycles. The molecule has 0 bridgehead atoms. The Labute approximate surface area is 439 Å². The zero-order valence-electron chi connectivity index (χ0n) is 43.2.